The molecule has 2 N–H and O–H groups in total. The molecule has 6 nitrogen and oxygen atoms in total. The number of hydrogen-bond acceptors (Lipinski definition) is 6. The van der Waals surface area contributed by atoms with Crippen LogP contribution in [-0.4, -0.2) is 19.9 Å². The summed E-state index contributed by atoms with van der Waals surface area (Å²) in [6.07, 6.45) is 4.75. The molecule has 24 heavy (non-hydrogen) atoms. The monoisotopic (exact) mass is 337 g/mol. The van der Waals surface area contributed by atoms with Gasteiger partial charge in [-0.2, -0.15) is 0 Å². The normalized spacial score (nSPS) is 11.1. The minimum absolute atomic E-state index is 0.177. The Labute approximate surface area is 142 Å². The summed E-state index contributed by atoms with van der Waals surface area (Å²) in [7, 11) is 0. The highest BCUT2D eigenvalue weighted by Crippen LogP contribution is 2.35. The third kappa shape index (κ3) is 2.37. The van der Waals surface area contributed by atoms with Crippen LogP contribution in [0.4, 0.5) is 5.95 Å². The summed E-state index contributed by atoms with van der Waals surface area (Å²) in [6, 6.07) is 7.42. The molecule has 0 bridgehead atoms. The molecule has 1 aromatic carbocycles. The van der Waals surface area contributed by atoms with Crippen molar-refractivity contribution < 1.29 is 4.42 Å². The van der Waals surface area contributed by atoms with E-state index in [4.69, 9.17) is 21.8 Å². The van der Waals surface area contributed by atoms with Gasteiger partial charge in [-0.15, -0.1) is 0 Å². The zero-order valence-corrected chi connectivity index (χ0v) is 13.4. The van der Waals surface area contributed by atoms with Crippen LogP contribution in [0.5, 0.6) is 0 Å². The number of halogens is 1. The van der Waals surface area contributed by atoms with Crippen LogP contribution in [0.3, 0.4) is 0 Å². The van der Waals surface area contributed by atoms with E-state index in [2.05, 4.69) is 19.9 Å². The first-order chi connectivity index (χ1) is 11.6. The van der Waals surface area contributed by atoms with Crippen molar-refractivity contribution in [2.75, 3.05) is 5.73 Å². The number of fused-ring (bicyclic) bond motifs is 1. The molecule has 0 atom stereocenters. The summed E-state index contributed by atoms with van der Waals surface area (Å²) in [4.78, 5) is 16.9. The standard InChI is InChI=1S/C17H12ClN5O/c1-9-11-5-10(6-13(18)15(11)22-8-21-9)12-7-20-17(19)23-16(12)14-3-2-4-24-14/h2-8H,1H3,(H2,19,20,23). The number of furan rings is 1. The third-order valence-corrected chi connectivity index (χ3v) is 4.05. The second-order valence-electron chi connectivity index (χ2n) is 5.28. The average molecular weight is 338 g/mol. The van der Waals surface area contributed by atoms with Gasteiger partial charge in [0.15, 0.2) is 5.76 Å². The van der Waals surface area contributed by atoms with E-state index in [1.54, 1.807) is 18.5 Å². The number of aromatic nitrogens is 4. The lowest BCUT2D eigenvalue weighted by atomic mass is 10.0. The molecule has 0 spiro atoms. The minimum atomic E-state index is 0.177. The molecule has 0 saturated carbocycles. The quantitative estimate of drug-likeness (QED) is 0.596. The Morgan fingerprint density at radius 2 is 2.04 bits per heavy atom. The van der Waals surface area contributed by atoms with Crippen molar-refractivity contribution in [3.05, 3.63) is 53.8 Å². The van der Waals surface area contributed by atoms with Crippen molar-refractivity contribution in [1.82, 2.24) is 19.9 Å². The summed E-state index contributed by atoms with van der Waals surface area (Å²) in [5.41, 5.74) is 9.53. The van der Waals surface area contributed by atoms with Gasteiger partial charge in [-0.05, 0) is 36.8 Å². The van der Waals surface area contributed by atoms with E-state index in [1.165, 1.54) is 6.33 Å². The van der Waals surface area contributed by atoms with Crippen molar-refractivity contribution in [3.63, 3.8) is 0 Å². The molecule has 7 heteroatoms. The lowest BCUT2D eigenvalue weighted by Gasteiger charge is -2.10. The number of nitrogens with zero attached hydrogens (tertiary/aromatic N) is 4. The van der Waals surface area contributed by atoms with Gasteiger partial charge < -0.3 is 10.2 Å². The van der Waals surface area contributed by atoms with Crippen molar-refractivity contribution >= 4 is 28.5 Å². The molecule has 0 radical (unpaired) electrons. The van der Waals surface area contributed by atoms with Crippen LogP contribution < -0.4 is 5.73 Å². The number of rotatable bonds is 2. The first-order valence-corrected chi connectivity index (χ1v) is 7.59. The fraction of sp³-hybridized carbons (Fsp3) is 0.0588. The van der Waals surface area contributed by atoms with E-state index < -0.39 is 0 Å². The van der Waals surface area contributed by atoms with Crippen LogP contribution in [0.25, 0.3) is 33.5 Å². The first kappa shape index (κ1) is 14.6. The summed E-state index contributed by atoms with van der Waals surface area (Å²) in [5.74, 6) is 0.785. The molecule has 4 rings (SSSR count). The average Bonchev–Trinajstić information content (AvgIpc) is 3.10. The maximum atomic E-state index is 6.41. The summed E-state index contributed by atoms with van der Waals surface area (Å²) >= 11 is 6.41. The van der Waals surface area contributed by atoms with Gasteiger partial charge in [-0.3, -0.25) is 0 Å². The second-order valence-corrected chi connectivity index (χ2v) is 5.69. The summed E-state index contributed by atoms with van der Waals surface area (Å²) < 4.78 is 5.47. The Hall–Kier alpha value is -2.99. The first-order valence-electron chi connectivity index (χ1n) is 7.21. The zero-order chi connectivity index (χ0) is 16.7. The Bertz CT molecular complexity index is 1050. The van der Waals surface area contributed by atoms with Crippen molar-refractivity contribution in [2.24, 2.45) is 0 Å². The molecular formula is C17H12ClN5O. The van der Waals surface area contributed by atoms with Crippen LogP contribution in [0, 0.1) is 6.92 Å². The van der Waals surface area contributed by atoms with Gasteiger partial charge in [0, 0.05) is 22.8 Å². The van der Waals surface area contributed by atoms with E-state index in [9.17, 15) is 0 Å². The summed E-state index contributed by atoms with van der Waals surface area (Å²) in [5, 5.41) is 1.41. The fourth-order valence-electron chi connectivity index (χ4n) is 2.61. The predicted molar refractivity (Wildman–Crippen MR) is 92.4 cm³/mol. The fourth-order valence-corrected chi connectivity index (χ4v) is 2.88. The van der Waals surface area contributed by atoms with Crippen molar-refractivity contribution in [2.45, 2.75) is 6.92 Å². The lowest BCUT2D eigenvalue weighted by molar-refractivity contribution is 0.580. The van der Waals surface area contributed by atoms with Gasteiger partial charge in [0.2, 0.25) is 5.95 Å². The van der Waals surface area contributed by atoms with Gasteiger partial charge in [-0.25, -0.2) is 19.9 Å². The zero-order valence-electron chi connectivity index (χ0n) is 12.7. The highest BCUT2D eigenvalue weighted by molar-refractivity contribution is 6.35. The number of nitrogens with two attached hydrogens (primary N) is 1. The highest BCUT2D eigenvalue weighted by Gasteiger charge is 2.15. The maximum absolute atomic E-state index is 6.41. The molecule has 0 aliphatic rings. The molecule has 0 amide bonds. The number of anilines is 1. The van der Waals surface area contributed by atoms with Crippen LogP contribution >= 0.6 is 11.6 Å². The van der Waals surface area contributed by atoms with E-state index in [0.717, 1.165) is 22.2 Å². The van der Waals surface area contributed by atoms with Gasteiger partial charge in [0.05, 0.1) is 16.8 Å². The topological polar surface area (TPSA) is 90.7 Å². The maximum Gasteiger partial charge on any atom is 0.220 e. The largest absolute Gasteiger partial charge is 0.463 e. The highest BCUT2D eigenvalue weighted by atomic mass is 35.5. The molecule has 3 heterocycles. The number of aryl methyl sites for hydroxylation is 1. The molecule has 0 unspecified atom stereocenters. The van der Waals surface area contributed by atoms with Crippen LogP contribution in [0.2, 0.25) is 5.02 Å². The van der Waals surface area contributed by atoms with Gasteiger partial charge >= 0.3 is 0 Å². The van der Waals surface area contributed by atoms with Crippen molar-refractivity contribution in [3.8, 4) is 22.6 Å². The molecular weight excluding hydrogens is 326 g/mol. The molecule has 0 saturated heterocycles. The van der Waals surface area contributed by atoms with E-state index in [-0.39, 0.29) is 5.95 Å². The molecule has 118 valence electrons. The number of benzene rings is 1. The third-order valence-electron chi connectivity index (χ3n) is 3.76. The Balaban J connectivity index is 2.00. The molecule has 4 aromatic rings. The van der Waals surface area contributed by atoms with Crippen LogP contribution in [0.15, 0.2) is 47.5 Å². The second kappa shape index (κ2) is 5.58. The number of nitrogen functional groups attached to an aromatic ring is 1. The SMILES string of the molecule is Cc1ncnc2c(Cl)cc(-c3cnc(N)nc3-c3ccco3)cc12. The van der Waals surface area contributed by atoms with Crippen LogP contribution in [0.1, 0.15) is 5.69 Å². The van der Waals surface area contributed by atoms with Crippen molar-refractivity contribution in [1.29, 1.82) is 0 Å². The Kier molecular flexibility index (Phi) is 3.39. The van der Waals surface area contributed by atoms with E-state index >= 15 is 0 Å². The van der Waals surface area contributed by atoms with Gasteiger partial charge in [0.1, 0.15) is 12.0 Å². The predicted octanol–water partition coefficient (Wildman–Crippen LogP) is 3.89. The van der Waals surface area contributed by atoms with Gasteiger partial charge in [0.25, 0.3) is 0 Å². The number of hydrogen-bond donors (Lipinski definition) is 1. The summed E-state index contributed by atoms with van der Waals surface area (Å²) in [6.45, 7) is 1.91. The lowest BCUT2D eigenvalue weighted by Crippen LogP contribution is -1.98. The van der Waals surface area contributed by atoms with E-state index in [1.807, 2.05) is 25.1 Å². The molecule has 0 fully saturated rings. The Morgan fingerprint density at radius 3 is 2.83 bits per heavy atom. The van der Waals surface area contributed by atoms with Gasteiger partial charge in [-0.1, -0.05) is 11.6 Å². The minimum Gasteiger partial charge on any atom is -0.463 e. The van der Waals surface area contributed by atoms with Crippen LogP contribution in [-0.2, 0) is 0 Å². The molecule has 3 aromatic heterocycles. The molecule has 0 aliphatic heterocycles. The molecule has 0 aliphatic carbocycles. The van der Waals surface area contributed by atoms with E-state index in [0.29, 0.717) is 22.0 Å². The Morgan fingerprint density at radius 1 is 1.17 bits per heavy atom. The smallest absolute Gasteiger partial charge is 0.220 e.